The molecule has 2 rings (SSSR count). The van der Waals surface area contributed by atoms with Gasteiger partial charge in [-0.2, -0.15) is 0 Å². The summed E-state index contributed by atoms with van der Waals surface area (Å²) in [4.78, 5) is 12.3. The second-order valence-corrected chi connectivity index (χ2v) is 8.90. The van der Waals surface area contributed by atoms with Crippen molar-refractivity contribution in [3.63, 3.8) is 0 Å². The molecule has 0 radical (unpaired) electrons. The highest BCUT2D eigenvalue weighted by molar-refractivity contribution is 9.10. The third kappa shape index (κ3) is 3.40. The predicted octanol–water partition coefficient (Wildman–Crippen LogP) is 4.58. The summed E-state index contributed by atoms with van der Waals surface area (Å²) in [5, 5.41) is 3.12. The first-order valence-electron chi connectivity index (χ1n) is 6.47. The van der Waals surface area contributed by atoms with Gasteiger partial charge in [-0.25, -0.2) is 0 Å². The van der Waals surface area contributed by atoms with Crippen molar-refractivity contribution < 1.29 is 4.79 Å². The maximum absolute atomic E-state index is 12.3. The van der Waals surface area contributed by atoms with Gasteiger partial charge in [0.2, 0.25) is 5.91 Å². The molecule has 1 N–H and O–H groups in total. The largest absolute Gasteiger partial charge is 0.349 e. The topological polar surface area (TPSA) is 29.1 Å². The average molecular weight is 389 g/mol. The molecule has 2 nitrogen and oxygen atoms in total. The summed E-state index contributed by atoms with van der Waals surface area (Å²) >= 11 is 7.06. The summed E-state index contributed by atoms with van der Waals surface area (Å²) in [6.45, 7) is 6.20. The number of hydrogen-bond donors (Lipinski definition) is 1. The summed E-state index contributed by atoms with van der Waals surface area (Å²) in [6, 6.07) is 8.11. The van der Waals surface area contributed by atoms with Gasteiger partial charge in [-0.15, -0.1) is 0 Å². The van der Waals surface area contributed by atoms with Gasteiger partial charge >= 0.3 is 0 Å². The van der Waals surface area contributed by atoms with Crippen molar-refractivity contribution in [3.8, 4) is 0 Å². The summed E-state index contributed by atoms with van der Waals surface area (Å²) in [5.41, 5.74) is 0.892. The summed E-state index contributed by atoms with van der Waals surface area (Å²) in [7, 11) is 0. The number of hydrogen-bond acceptors (Lipinski definition) is 1. The summed E-state index contributed by atoms with van der Waals surface area (Å²) in [6.07, 6.45) is 1.78. The van der Waals surface area contributed by atoms with E-state index in [9.17, 15) is 4.79 Å². The highest BCUT2D eigenvalue weighted by Crippen LogP contribution is 2.53. The Bertz CT molecular complexity index is 473. The lowest BCUT2D eigenvalue weighted by Crippen LogP contribution is -2.53. The Morgan fingerprint density at radius 3 is 2.26 bits per heavy atom. The minimum absolute atomic E-state index is 0.0413. The van der Waals surface area contributed by atoms with Crippen LogP contribution in [-0.4, -0.2) is 10.2 Å². The molecule has 0 heterocycles. The SMILES string of the molecule is CC(NC(=O)[C@]1(C)C[C@@](C)(Br)C1)c1ccc(Br)cc1. The van der Waals surface area contributed by atoms with Crippen LogP contribution in [0.1, 0.15) is 45.2 Å². The number of carbonyl (C=O) groups excluding carboxylic acids is 1. The van der Waals surface area contributed by atoms with Crippen LogP contribution in [-0.2, 0) is 4.79 Å². The van der Waals surface area contributed by atoms with Crippen molar-refractivity contribution in [2.45, 2.75) is 44.0 Å². The Hall–Kier alpha value is -0.350. The quantitative estimate of drug-likeness (QED) is 0.754. The lowest BCUT2D eigenvalue weighted by atomic mass is 9.63. The Morgan fingerprint density at radius 2 is 1.79 bits per heavy atom. The van der Waals surface area contributed by atoms with Crippen LogP contribution in [0.2, 0.25) is 0 Å². The van der Waals surface area contributed by atoms with E-state index in [4.69, 9.17) is 0 Å². The van der Waals surface area contributed by atoms with Gasteiger partial charge in [-0.05, 0) is 44.4 Å². The fraction of sp³-hybridized carbons (Fsp3) is 0.533. The highest BCUT2D eigenvalue weighted by atomic mass is 79.9. The van der Waals surface area contributed by atoms with Crippen LogP contribution in [0.15, 0.2) is 28.7 Å². The molecule has 1 atom stereocenters. The number of alkyl halides is 1. The lowest BCUT2D eigenvalue weighted by Gasteiger charge is -2.48. The maximum atomic E-state index is 12.3. The average Bonchev–Trinajstić information content (AvgIpc) is 2.26. The van der Waals surface area contributed by atoms with Crippen LogP contribution in [0.4, 0.5) is 0 Å². The molecule has 1 amide bonds. The minimum Gasteiger partial charge on any atom is -0.349 e. The van der Waals surface area contributed by atoms with Crippen molar-refractivity contribution in [3.05, 3.63) is 34.3 Å². The Labute approximate surface area is 131 Å². The standard InChI is InChI=1S/C15H19Br2NO/c1-10(11-4-6-12(16)7-5-11)18-13(19)14(2)8-15(3,17)9-14/h4-7,10H,8-9H2,1-3H3,(H,18,19)/t10?,14-,15-. The Kier molecular flexibility index (Phi) is 4.12. The van der Waals surface area contributed by atoms with Gasteiger partial charge in [-0.3, -0.25) is 4.79 Å². The van der Waals surface area contributed by atoms with Gasteiger partial charge in [0.25, 0.3) is 0 Å². The number of benzene rings is 1. The maximum Gasteiger partial charge on any atom is 0.226 e. The second-order valence-electron chi connectivity index (χ2n) is 6.07. The van der Waals surface area contributed by atoms with Gasteiger partial charge in [0.05, 0.1) is 6.04 Å². The molecule has 19 heavy (non-hydrogen) atoms. The van der Waals surface area contributed by atoms with Gasteiger partial charge in [0.1, 0.15) is 0 Å². The van der Waals surface area contributed by atoms with Gasteiger partial charge in [-0.1, -0.05) is 50.9 Å². The third-order valence-electron chi connectivity index (χ3n) is 3.78. The molecule has 0 aromatic heterocycles. The van der Waals surface area contributed by atoms with E-state index >= 15 is 0 Å². The first-order valence-corrected chi connectivity index (χ1v) is 8.06. The Balaban J connectivity index is 1.98. The van der Waals surface area contributed by atoms with E-state index in [0.29, 0.717) is 0 Å². The lowest BCUT2D eigenvalue weighted by molar-refractivity contribution is -0.136. The first kappa shape index (κ1) is 15.0. The van der Waals surface area contributed by atoms with E-state index in [1.54, 1.807) is 0 Å². The predicted molar refractivity (Wildman–Crippen MR) is 85.4 cm³/mol. The zero-order valence-corrected chi connectivity index (χ0v) is 14.6. The monoisotopic (exact) mass is 387 g/mol. The number of carbonyl (C=O) groups is 1. The number of nitrogens with one attached hydrogen (secondary N) is 1. The normalized spacial score (nSPS) is 31.4. The van der Waals surface area contributed by atoms with Crippen molar-refractivity contribution in [2.24, 2.45) is 5.41 Å². The van der Waals surface area contributed by atoms with Crippen molar-refractivity contribution in [2.75, 3.05) is 0 Å². The molecule has 0 bridgehead atoms. The smallest absolute Gasteiger partial charge is 0.226 e. The molecule has 1 aliphatic rings. The van der Waals surface area contributed by atoms with E-state index in [0.717, 1.165) is 22.9 Å². The van der Waals surface area contributed by atoms with E-state index in [-0.39, 0.29) is 21.7 Å². The van der Waals surface area contributed by atoms with Crippen LogP contribution < -0.4 is 5.32 Å². The molecule has 0 spiro atoms. The fourth-order valence-electron chi connectivity index (χ4n) is 2.94. The molecule has 0 saturated heterocycles. The molecule has 1 fully saturated rings. The van der Waals surface area contributed by atoms with Crippen molar-refractivity contribution in [1.82, 2.24) is 5.32 Å². The molecule has 1 unspecified atom stereocenters. The zero-order chi connectivity index (χ0) is 14.3. The molecule has 0 aliphatic heterocycles. The molecule has 1 aromatic carbocycles. The van der Waals surface area contributed by atoms with Crippen molar-refractivity contribution in [1.29, 1.82) is 0 Å². The van der Waals surface area contributed by atoms with E-state index < -0.39 is 0 Å². The molecule has 1 saturated carbocycles. The first-order chi connectivity index (χ1) is 8.72. The van der Waals surface area contributed by atoms with Crippen LogP contribution in [0, 0.1) is 5.41 Å². The van der Waals surface area contributed by atoms with Gasteiger partial charge in [0, 0.05) is 14.2 Å². The third-order valence-corrected chi connectivity index (χ3v) is 4.87. The van der Waals surface area contributed by atoms with Crippen LogP contribution in [0.5, 0.6) is 0 Å². The van der Waals surface area contributed by atoms with Gasteiger partial charge < -0.3 is 5.32 Å². The van der Waals surface area contributed by atoms with Crippen molar-refractivity contribution >= 4 is 37.8 Å². The molecular weight excluding hydrogens is 370 g/mol. The molecule has 104 valence electrons. The van der Waals surface area contributed by atoms with Crippen LogP contribution >= 0.6 is 31.9 Å². The Morgan fingerprint density at radius 1 is 1.26 bits per heavy atom. The number of rotatable bonds is 3. The minimum atomic E-state index is -0.234. The second kappa shape index (κ2) is 5.21. The summed E-state index contributed by atoms with van der Waals surface area (Å²) < 4.78 is 1.18. The summed E-state index contributed by atoms with van der Waals surface area (Å²) in [5.74, 6) is 0.153. The fourth-order valence-corrected chi connectivity index (χ4v) is 4.44. The zero-order valence-electron chi connectivity index (χ0n) is 11.5. The molecule has 4 heteroatoms. The van der Waals surface area contributed by atoms with Crippen LogP contribution in [0.25, 0.3) is 0 Å². The molecular formula is C15H19Br2NO. The molecule has 1 aromatic rings. The van der Waals surface area contributed by atoms with E-state index in [1.165, 1.54) is 0 Å². The molecule has 1 aliphatic carbocycles. The van der Waals surface area contributed by atoms with E-state index in [2.05, 4.69) is 44.1 Å². The van der Waals surface area contributed by atoms with E-state index in [1.807, 2.05) is 38.1 Å². The van der Waals surface area contributed by atoms with Crippen LogP contribution in [0.3, 0.4) is 0 Å². The highest BCUT2D eigenvalue weighted by Gasteiger charge is 2.52. The van der Waals surface area contributed by atoms with Gasteiger partial charge in [0.15, 0.2) is 0 Å². The number of amides is 1. The number of halogens is 2.